The number of halogens is 3. The standard InChI is InChI=1S/C26H28F3N7O3/c1-16(37)35-10-4-5-19(35)15-39-21-12-17(26(27,28)29)11-20(13-21)36(14-18-7-9-33-25(31-2)34-18)24-22(23(30)38)6-3-8-32-24/h3,6-9,11-13,19H,4-5,10,14-15H2,1-2H3,(H2,30,38)(H,31,33,34)/t19-/m1/s1. The normalized spacial score (nSPS) is 15.2. The Morgan fingerprint density at radius 2 is 2.00 bits per heavy atom. The van der Waals surface area contributed by atoms with Crippen LogP contribution in [-0.4, -0.2) is 57.9 Å². The molecule has 0 spiro atoms. The highest BCUT2D eigenvalue weighted by atomic mass is 19.4. The van der Waals surface area contributed by atoms with Gasteiger partial charge in [0.1, 0.15) is 18.2 Å². The number of primary amides is 1. The Kier molecular flexibility index (Phi) is 8.17. The van der Waals surface area contributed by atoms with E-state index in [1.165, 1.54) is 42.4 Å². The molecule has 0 saturated carbocycles. The number of ether oxygens (including phenoxy) is 1. The van der Waals surface area contributed by atoms with Crippen LogP contribution in [0, 0.1) is 0 Å². The van der Waals surface area contributed by atoms with Crippen molar-refractivity contribution < 1.29 is 27.5 Å². The maximum Gasteiger partial charge on any atom is 0.416 e. The highest BCUT2D eigenvalue weighted by Gasteiger charge is 2.33. The molecule has 1 aliphatic rings. The van der Waals surface area contributed by atoms with Crippen LogP contribution in [0.2, 0.25) is 0 Å². The number of carbonyl (C=O) groups excluding carboxylic acids is 2. The minimum Gasteiger partial charge on any atom is -0.491 e. The minimum atomic E-state index is -4.69. The first-order chi connectivity index (χ1) is 18.6. The Bertz CT molecular complexity index is 1350. The molecule has 0 bridgehead atoms. The lowest BCUT2D eigenvalue weighted by molar-refractivity contribution is -0.137. The van der Waals surface area contributed by atoms with Crippen LogP contribution in [0.15, 0.2) is 48.8 Å². The second kappa shape index (κ2) is 11.5. The highest BCUT2D eigenvalue weighted by molar-refractivity contribution is 5.98. The fourth-order valence-corrected chi connectivity index (χ4v) is 4.46. The fraction of sp³-hybridized carbons (Fsp3) is 0.346. The first-order valence-electron chi connectivity index (χ1n) is 12.2. The number of benzene rings is 1. The number of amides is 2. The van der Waals surface area contributed by atoms with Crippen LogP contribution in [0.1, 0.15) is 41.4 Å². The highest BCUT2D eigenvalue weighted by Crippen LogP contribution is 2.38. The third-order valence-corrected chi connectivity index (χ3v) is 6.32. The molecule has 3 N–H and O–H groups in total. The van der Waals surface area contributed by atoms with Crippen molar-refractivity contribution in [2.75, 3.05) is 30.4 Å². The Hall–Kier alpha value is -4.42. The van der Waals surface area contributed by atoms with Crippen LogP contribution in [-0.2, 0) is 17.5 Å². The first-order valence-corrected chi connectivity index (χ1v) is 12.2. The zero-order chi connectivity index (χ0) is 28.2. The Balaban J connectivity index is 1.78. The fourth-order valence-electron chi connectivity index (χ4n) is 4.46. The summed E-state index contributed by atoms with van der Waals surface area (Å²) in [6.45, 7) is 2.01. The lowest BCUT2D eigenvalue weighted by atomic mass is 10.1. The van der Waals surface area contributed by atoms with Crippen molar-refractivity contribution in [2.45, 2.75) is 38.5 Å². The predicted octanol–water partition coefficient (Wildman–Crippen LogP) is 3.76. The van der Waals surface area contributed by atoms with E-state index in [9.17, 15) is 22.8 Å². The Labute approximate surface area is 223 Å². The predicted molar refractivity (Wildman–Crippen MR) is 138 cm³/mol. The number of likely N-dealkylation sites (tertiary alicyclic amines) is 1. The lowest BCUT2D eigenvalue weighted by Gasteiger charge is -2.27. The zero-order valence-corrected chi connectivity index (χ0v) is 21.4. The van der Waals surface area contributed by atoms with Crippen molar-refractivity contribution in [1.29, 1.82) is 0 Å². The Morgan fingerprint density at radius 1 is 1.21 bits per heavy atom. The number of carbonyl (C=O) groups is 2. The molecule has 1 fully saturated rings. The van der Waals surface area contributed by atoms with Gasteiger partial charge in [0.25, 0.3) is 5.91 Å². The molecule has 2 aromatic heterocycles. The molecule has 1 saturated heterocycles. The number of nitrogens with two attached hydrogens (primary N) is 1. The van der Waals surface area contributed by atoms with Gasteiger partial charge in [-0.25, -0.2) is 15.0 Å². The number of pyridine rings is 1. The van der Waals surface area contributed by atoms with Gasteiger partial charge in [0.05, 0.1) is 29.4 Å². The van der Waals surface area contributed by atoms with E-state index in [4.69, 9.17) is 10.5 Å². The molecule has 206 valence electrons. The molecule has 0 aliphatic carbocycles. The van der Waals surface area contributed by atoms with Crippen molar-refractivity contribution in [2.24, 2.45) is 5.73 Å². The number of nitrogens with zero attached hydrogens (tertiary/aromatic N) is 5. The van der Waals surface area contributed by atoms with E-state index in [1.54, 1.807) is 18.0 Å². The molecule has 1 aromatic carbocycles. The zero-order valence-electron chi connectivity index (χ0n) is 21.4. The largest absolute Gasteiger partial charge is 0.491 e. The summed E-state index contributed by atoms with van der Waals surface area (Å²) in [5, 5.41) is 2.82. The van der Waals surface area contributed by atoms with E-state index in [0.717, 1.165) is 18.6 Å². The first kappa shape index (κ1) is 27.6. The van der Waals surface area contributed by atoms with E-state index in [1.807, 2.05) is 0 Å². The molecule has 10 nitrogen and oxygen atoms in total. The van der Waals surface area contributed by atoms with Gasteiger partial charge >= 0.3 is 6.18 Å². The van der Waals surface area contributed by atoms with Gasteiger partial charge in [0.15, 0.2) is 0 Å². The van der Waals surface area contributed by atoms with Gasteiger partial charge in [-0.2, -0.15) is 13.2 Å². The van der Waals surface area contributed by atoms with Crippen molar-refractivity contribution >= 4 is 29.3 Å². The molecule has 3 heterocycles. The third-order valence-electron chi connectivity index (χ3n) is 6.32. The molecule has 1 aliphatic heterocycles. The smallest absolute Gasteiger partial charge is 0.416 e. The molecular formula is C26H28F3N7O3. The van der Waals surface area contributed by atoms with Crippen LogP contribution in [0.25, 0.3) is 0 Å². The van der Waals surface area contributed by atoms with Crippen molar-refractivity contribution in [3.63, 3.8) is 0 Å². The summed E-state index contributed by atoms with van der Waals surface area (Å²) in [5.41, 5.74) is 5.14. The lowest BCUT2D eigenvalue weighted by Crippen LogP contribution is -2.37. The van der Waals surface area contributed by atoms with Gasteiger partial charge in [-0.1, -0.05) is 0 Å². The average Bonchev–Trinajstić information content (AvgIpc) is 3.39. The van der Waals surface area contributed by atoms with E-state index >= 15 is 0 Å². The summed E-state index contributed by atoms with van der Waals surface area (Å²) in [6.07, 6.45) is -0.297. The summed E-state index contributed by atoms with van der Waals surface area (Å²) in [6, 6.07) is 7.60. The number of aromatic nitrogens is 3. The third kappa shape index (κ3) is 6.54. The van der Waals surface area contributed by atoms with Gasteiger partial charge in [0.2, 0.25) is 11.9 Å². The van der Waals surface area contributed by atoms with E-state index in [-0.39, 0.29) is 47.9 Å². The van der Waals surface area contributed by atoms with Gasteiger partial charge in [-0.15, -0.1) is 0 Å². The van der Waals surface area contributed by atoms with E-state index in [2.05, 4.69) is 20.3 Å². The van der Waals surface area contributed by atoms with Crippen molar-refractivity contribution in [1.82, 2.24) is 19.9 Å². The second-order valence-corrected chi connectivity index (χ2v) is 8.98. The van der Waals surface area contributed by atoms with Crippen molar-refractivity contribution in [3.8, 4) is 5.75 Å². The average molecular weight is 544 g/mol. The van der Waals surface area contributed by atoms with Gasteiger partial charge in [0, 0.05) is 44.7 Å². The molecule has 1 atom stereocenters. The van der Waals surface area contributed by atoms with E-state index in [0.29, 0.717) is 24.6 Å². The summed E-state index contributed by atoms with van der Waals surface area (Å²) >= 11 is 0. The van der Waals surface area contributed by atoms with Gasteiger partial charge < -0.3 is 25.6 Å². The summed E-state index contributed by atoms with van der Waals surface area (Å²) in [5.74, 6) is -0.593. The summed E-state index contributed by atoms with van der Waals surface area (Å²) < 4.78 is 47.9. The SMILES string of the molecule is CNc1nccc(CN(c2cc(OC[C@H]3CCCN3C(C)=O)cc(C(F)(F)F)c2)c2ncccc2C(N)=O)n1. The van der Waals surface area contributed by atoms with Crippen LogP contribution < -0.4 is 20.7 Å². The number of rotatable bonds is 9. The molecule has 13 heteroatoms. The quantitative estimate of drug-likeness (QED) is 0.418. The topological polar surface area (TPSA) is 127 Å². The molecule has 2 amide bonds. The summed E-state index contributed by atoms with van der Waals surface area (Å²) in [7, 11) is 1.63. The number of hydrogen-bond donors (Lipinski definition) is 2. The van der Waals surface area contributed by atoms with Crippen LogP contribution in [0.3, 0.4) is 0 Å². The monoisotopic (exact) mass is 543 g/mol. The number of hydrogen-bond acceptors (Lipinski definition) is 8. The number of alkyl halides is 3. The minimum absolute atomic E-state index is 0.0170. The molecule has 0 radical (unpaired) electrons. The molecule has 3 aromatic rings. The Morgan fingerprint density at radius 3 is 2.69 bits per heavy atom. The van der Waals surface area contributed by atoms with Crippen LogP contribution >= 0.6 is 0 Å². The van der Waals surface area contributed by atoms with E-state index < -0.39 is 17.6 Å². The number of anilines is 3. The van der Waals surface area contributed by atoms with Crippen molar-refractivity contribution in [3.05, 3.63) is 65.6 Å². The molecular weight excluding hydrogens is 515 g/mol. The number of nitrogens with one attached hydrogen (secondary N) is 1. The van der Waals surface area contributed by atoms with Gasteiger partial charge in [-0.3, -0.25) is 9.59 Å². The van der Waals surface area contributed by atoms with Crippen LogP contribution in [0.4, 0.5) is 30.6 Å². The molecule has 0 unspecified atom stereocenters. The van der Waals surface area contributed by atoms with Crippen LogP contribution in [0.5, 0.6) is 5.75 Å². The maximum atomic E-state index is 14.0. The summed E-state index contributed by atoms with van der Waals surface area (Å²) in [4.78, 5) is 39.9. The molecule has 4 rings (SSSR count). The van der Waals surface area contributed by atoms with Gasteiger partial charge in [-0.05, 0) is 43.2 Å². The maximum absolute atomic E-state index is 14.0. The second-order valence-electron chi connectivity index (χ2n) is 8.98. The molecule has 39 heavy (non-hydrogen) atoms.